The van der Waals surface area contributed by atoms with E-state index in [4.69, 9.17) is 11.0 Å². The van der Waals surface area contributed by atoms with Crippen molar-refractivity contribution in [1.29, 1.82) is 5.26 Å². The Bertz CT molecular complexity index is 617. The Kier molecular flexibility index (Phi) is 3.16. The molecule has 0 amide bonds. The van der Waals surface area contributed by atoms with E-state index in [1.54, 1.807) is 30.1 Å². The molecule has 4 heteroatoms. The van der Waals surface area contributed by atoms with Crippen LogP contribution in [0.2, 0.25) is 0 Å². The van der Waals surface area contributed by atoms with Crippen LogP contribution in [0.25, 0.3) is 0 Å². The number of halogens is 1. The molecule has 0 unspecified atom stereocenters. The topological polar surface area (TPSA) is 53.0 Å². The van der Waals surface area contributed by atoms with Crippen molar-refractivity contribution in [1.82, 2.24) is 0 Å². The van der Waals surface area contributed by atoms with Crippen LogP contribution in [-0.4, -0.2) is 7.05 Å². The molecule has 90 valence electrons. The highest BCUT2D eigenvalue weighted by molar-refractivity contribution is 5.74. The predicted molar refractivity (Wildman–Crippen MR) is 70.0 cm³/mol. The fraction of sp³-hybridized carbons (Fsp3) is 0.0714. The van der Waals surface area contributed by atoms with Crippen molar-refractivity contribution in [3.63, 3.8) is 0 Å². The molecule has 0 aromatic heterocycles. The van der Waals surface area contributed by atoms with Crippen LogP contribution in [-0.2, 0) is 0 Å². The Hall–Kier alpha value is -2.54. The van der Waals surface area contributed by atoms with E-state index in [9.17, 15) is 4.39 Å². The van der Waals surface area contributed by atoms with E-state index in [0.29, 0.717) is 16.9 Å². The molecule has 0 bridgehead atoms. The van der Waals surface area contributed by atoms with Crippen molar-refractivity contribution >= 4 is 17.1 Å². The number of rotatable bonds is 2. The average molecular weight is 241 g/mol. The summed E-state index contributed by atoms with van der Waals surface area (Å²) in [5.74, 6) is -0.345. The number of hydrogen-bond donors (Lipinski definition) is 1. The zero-order valence-electron chi connectivity index (χ0n) is 9.89. The highest BCUT2D eigenvalue weighted by atomic mass is 19.1. The molecular formula is C14H12FN3. The smallest absolute Gasteiger partial charge is 0.125 e. The summed E-state index contributed by atoms with van der Waals surface area (Å²) in [5.41, 5.74) is 8.22. The second-order valence-corrected chi connectivity index (χ2v) is 3.92. The number of nitrogen functional groups attached to an aromatic ring is 1. The maximum atomic E-state index is 13.2. The molecule has 18 heavy (non-hydrogen) atoms. The van der Waals surface area contributed by atoms with Crippen LogP contribution in [0.3, 0.4) is 0 Å². The molecule has 0 heterocycles. The first-order chi connectivity index (χ1) is 8.61. The van der Waals surface area contributed by atoms with Gasteiger partial charge in [-0.15, -0.1) is 0 Å². The van der Waals surface area contributed by atoms with E-state index in [-0.39, 0.29) is 5.82 Å². The van der Waals surface area contributed by atoms with Gasteiger partial charge in [-0.05, 0) is 36.4 Å². The molecular weight excluding hydrogens is 229 g/mol. The Morgan fingerprint density at radius 2 is 2.00 bits per heavy atom. The first kappa shape index (κ1) is 11.9. The summed E-state index contributed by atoms with van der Waals surface area (Å²) in [6, 6.07) is 13.3. The van der Waals surface area contributed by atoms with Crippen molar-refractivity contribution in [2.75, 3.05) is 17.7 Å². The standard InChI is InChI=1S/C14H12FN3/c1-18(12-4-2-3-10(7-12)9-16)14-8-11(15)5-6-13(14)17/h2-8H,17H2,1H3. The van der Waals surface area contributed by atoms with Gasteiger partial charge in [0.25, 0.3) is 0 Å². The van der Waals surface area contributed by atoms with Gasteiger partial charge in [0.15, 0.2) is 0 Å². The Morgan fingerprint density at radius 1 is 1.22 bits per heavy atom. The van der Waals surface area contributed by atoms with Crippen LogP contribution in [0.4, 0.5) is 21.5 Å². The minimum Gasteiger partial charge on any atom is -0.397 e. The number of nitrogens with zero attached hydrogens (tertiary/aromatic N) is 2. The highest BCUT2D eigenvalue weighted by Gasteiger charge is 2.09. The molecule has 0 aliphatic rings. The number of benzene rings is 2. The summed E-state index contributed by atoms with van der Waals surface area (Å²) in [6.45, 7) is 0. The van der Waals surface area contributed by atoms with E-state index in [2.05, 4.69) is 6.07 Å². The van der Waals surface area contributed by atoms with Crippen molar-refractivity contribution in [3.8, 4) is 6.07 Å². The molecule has 0 saturated carbocycles. The lowest BCUT2D eigenvalue weighted by Gasteiger charge is -2.21. The van der Waals surface area contributed by atoms with E-state index in [1.807, 2.05) is 6.07 Å². The number of nitrogens with two attached hydrogens (primary N) is 1. The summed E-state index contributed by atoms with van der Waals surface area (Å²) in [6.07, 6.45) is 0. The van der Waals surface area contributed by atoms with Gasteiger partial charge in [-0.25, -0.2) is 4.39 Å². The molecule has 2 aromatic rings. The maximum absolute atomic E-state index is 13.2. The van der Waals surface area contributed by atoms with Gasteiger partial charge in [0.2, 0.25) is 0 Å². The fourth-order valence-corrected chi connectivity index (χ4v) is 1.73. The number of anilines is 3. The molecule has 0 atom stereocenters. The van der Waals surface area contributed by atoms with Crippen LogP contribution >= 0.6 is 0 Å². The summed E-state index contributed by atoms with van der Waals surface area (Å²) in [5, 5.41) is 8.86. The third-order valence-electron chi connectivity index (χ3n) is 2.72. The molecule has 0 fully saturated rings. The molecule has 3 nitrogen and oxygen atoms in total. The molecule has 0 aliphatic carbocycles. The summed E-state index contributed by atoms with van der Waals surface area (Å²) in [4.78, 5) is 1.75. The van der Waals surface area contributed by atoms with Gasteiger partial charge in [0.05, 0.1) is 23.0 Å². The maximum Gasteiger partial charge on any atom is 0.125 e. The van der Waals surface area contributed by atoms with Gasteiger partial charge in [-0.2, -0.15) is 5.26 Å². The van der Waals surface area contributed by atoms with Crippen molar-refractivity contribution in [2.24, 2.45) is 0 Å². The lowest BCUT2D eigenvalue weighted by atomic mass is 10.2. The second-order valence-electron chi connectivity index (χ2n) is 3.92. The zero-order valence-corrected chi connectivity index (χ0v) is 9.89. The molecule has 2 N–H and O–H groups in total. The number of nitriles is 1. The van der Waals surface area contributed by atoms with E-state index in [0.717, 1.165) is 5.69 Å². The first-order valence-corrected chi connectivity index (χ1v) is 5.41. The Balaban J connectivity index is 2.44. The van der Waals surface area contributed by atoms with Gasteiger partial charge in [0.1, 0.15) is 5.82 Å². The first-order valence-electron chi connectivity index (χ1n) is 5.41. The normalized spacial score (nSPS) is 9.83. The van der Waals surface area contributed by atoms with Crippen molar-refractivity contribution < 1.29 is 4.39 Å². The van der Waals surface area contributed by atoms with Crippen LogP contribution in [0.5, 0.6) is 0 Å². The lowest BCUT2D eigenvalue weighted by Crippen LogP contribution is -2.12. The molecule has 2 rings (SSSR count). The Morgan fingerprint density at radius 3 is 2.72 bits per heavy atom. The van der Waals surface area contributed by atoms with Gasteiger partial charge in [-0.3, -0.25) is 0 Å². The largest absolute Gasteiger partial charge is 0.397 e. The van der Waals surface area contributed by atoms with Crippen LogP contribution < -0.4 is 10.6 Å². The van der Waals surface area contributed by atoms with Crippen molar-refractivity contribution in [2.45, 2.75) is 0 Å². The molecule has 2 aromatic carbocycles. The summed E-state index contributed by atoms with van der Waals surface area (Å²) < 4.78 is 13.2. The summed E-state index contributed by atoms with van der Waals surface area (Å²) in [7, 11) is 1.78. The van der Waals surface area contributed by atoms with Gasteiger partial charge in [-0.1, -0.05) is 6.07 Å². The zero-order chi connectivity index (χ0) is 13.1. The highest BCUT2D eigenvalue weighted by Crippen LogP contribution is 2.29. The van der Waals surface area contributed by atoms with E-state index >= 15 is 0 Å². The quantitative estimate of drug-likeness (QED) is 0.822. The minimum atomic E-state index is -0.345. The summed E-state index contributed by atoms with van der Waals surface area (Å²) >= 11 is 0. The second kappa shape index (κ2) is 4.76. The van der Waals surface area contributed by atoms with Gasteiger partial charge in [0, 0.05) is 12.7 Å². The Labute approximate surface area is 105 Å². The SMILES string of the molecule is CN(c1cccc(C#N)c1)c1cc(F)ccc1N. The average Bonchev–Trinajstić information content (AvgIpc) is 2.41. The molecule has 0 saturated heterocycles. The van der Waals surface area contributed by atoms with Crippen LogP contribution in [0, 0.1) is 17.1 Å². The van der Waals surface area contributed by atoms with E-state index < -0.39 is 0 Å². The van der Waals surface area contributed by atoms with Gasteiger partial charge >= 0.3 is 0 Å². The van der Waals surface area contributed by atoms with Crippen LogP contribution in [0.15, 0.2) is 42.5 Å². The molecule has 0 spiro atoms. The molecule has 0 aliphatic heterocycles. The lowest BCUT2D eigenvalue weighted by molar-refractivity contribution is 0.628. The molecule has 0 radical (unpaired) electrons. The minimum absolute atomic E-state index is 0.345. The number of hydrogen-bond acceptors (Lipinski definition) is 3. The predicted octanol–water partition coefficient (Wildman–Crippen LogP) is 3.05. The third-order valence-corrected chi connectivity index (χ3v) is 2.72. The van der Waals surface area contributed by atoms with E-state index in [1.165, 1.54) is 18.2 Å². The monoisotopic (exact) mass is 241 g/mol. The fourth-order valence-electron chi connectivity index (χ4n) is 1.73. The van der Waals surface area contributed by atoms with Crippen molar-refractivity contribution in [3.05, 3.63) is 53.8 Å². The third kappa shape index (κ3) is 2.25. The van der Waals surface area contributed by atoms with Gasteiger partial charge < -0.3 is 10.6 Å². The van der Waals surface area contributed by atoms with Crippen LogP contribution in [0.1, 0.15) is 5.56 Å².